The predicted molar refractivity (Wildman–Crippen MR) is 60.1 cm³/mol. The van der Waals surface area contributed by atoms with Gasteiger partial charge in [-0.3, -0.25) is 4.98 Å². The number of hydrogen-bond donors (Lipinski definition) is 1. The molecule has 0 aliphatic carbocycles. The lowest BCUT2D eigenvalue weighted by molar-refractivity contribution is 0.603. The number of nitrogens with zero attached hydrogens (tertiary/aromatic N) is 1. The highest BCUT2D eigenvalue weighted by molar-refractivity contribution is 5.43. The molecule has 2 rings (SSSR count). The SMILES string of the molecule is CNc1cc(F)ccc1F.c1ccncc1. The summed E-state index contributed by atoms with van der Waals surface area (Å²) in [5.74, 6) is -0.880. The van der Waals surface area contributed by atoms with E-state index in [2.05, 4.69) is 10.3 Å². The summed E-state index contributed by atoms with van der Waals surface area (Å²) < 4.78 is 24.9. The molecular formula is C12H12F2N2. The summed E-state index contributed by atoms with van der Waals surface area (Å²) in [5, 5.41) is 2.52. The Balaban J connectivity index is 0.000000181. The van der Waals surface area contributed by atoms with E-state index in [1.165, 1.54) is 7.05 Å². The van der Waals surface area contributed by atoms with E-state index in [9.17, 15) is 8.78 Å². The molecule has 4 heteroatoms. The number of anilines is 1. The third-order valence-corrected chi connectivity index (χ3v) is 1.76. The zero-order valence-electron chi connectivity index (χ0n) is 8.82. The van der Waals surface area contributed by atoms with Crippen LogP contribution < -0.4 is 5.32 Å². The number of pyridine rings is 1. The van der Waals surface area contributed by atoms with Crippen LogP contribution in [0.4, 0.5) is 14.5 Å². The van der Waals surface area contributed by atoms with Gasteiger partial charge in [-0.1, -0.05) is 6.07 Å². The van der Waals surface area contributed by atoms with Gasteiger partial charge in [-0.2, -0.15) is 0 Å². The smallest absolute Gasteiger partial charge is 0.146 e. The van der Waals surface area contributed by atoms with Gasteiger partial charge in [0, 0.05) is 19.4 Å². The van der Waals surface area contributed by atoms with Crippen molar-refractivity contribution in [3.8, 4) is 0 Å². The van der Waals surface area contributed by atoms with E-state index < -0.39 is 11.6 Å². The molecule has 1 N–H and O–H groups in total. The predicted octanol–water partition coefficient (Wildman–Crippen LogP) is 3.09. The van der Waals surface area contributed by atoms with E-state index >= 15 is 0 Å². The van der Waals surface area contributed by atoms with E-state index in [0.717, 1.165) is 18.2 Å². The number of rotatable bonds is 1. The molecule has 1 aromatic heterocycles. The lowest BCUT2D eigenvalue weighted by Crippen LogP contribution is -1.92. The molecule has 0 saturated heterocycles. The second-order valence-electron chi connectivity index (χ2n) is 2.90. The Morgan fingerprint density at radius 2 is 1.75 bits per heavy atom. The fourth-order valence-electron chi connectivity index (χ4n) is 1.00. The molecule has 0 spiro atoms. The number of halogens is 2. The first kappa shape index (κ1) is 12.1. The summed E-state index contributed by atoms with van der Waals surface area (Å²) in [5.41, 5.74) is 0.181. The fraction of sp³-hybridized carbons (Fsp3) is 0.0833. The molecule has 0 atom stereocenters. The van der Waals surface area contributed by atoms with Gasteiger partial charge in [-0.25, -0.2) is 8.78 Å². The average Bonchev–Trinajstić information content (AvgIpc) is 2.35. The minimum Gasteiger partial charge on any atom is -0.386 e. The number of benzene rings is 1. The van der Waals surface area contributed by atoms with Crippen LogP contribution in [0.2, 0.25) is 0 Å². The summed E-state index contributed by atoms with van der Waals surface area (Å²) in [7, 11) is 1.54. The van der Waals surface area contributed by atoms with Crippen molar-refractivity contribution in [2.45, 2.75) is 0 Å². The largest absolute Gasteiger partial charge is 0.386 e. The highest BCUT2D eigenvalue weighted by Crippen LogP contribution is 2.13. The Morgan fingerprint density at radius 1 is 1.06 bits per heavy atom. The van der Waals surface area contributed by atoms with E-state index in [1.807, 2.05) is 18.2 Å². The Kier molecular flexibility index (Phi) is 4.92. The van der Waals surface area contributed by atoms with Crippen LogP contribution in [0.25, 0.3) is 0 Å². The maximum atomic E-state index is 12.5. The van der Waals surface area contributed by atoms with Crippen molar-refractivity contribution in [3.63, 3.8) is 0 Å². The summed E-state index contributed by atoms with van der Waals surface area (Å²) in [6, 6.07) is 8.99. The summed E-state index contributed by atoms with van der Waals surface area (Å²) in [6.07, 6.45) is 3.50. The highest BCUT2D eigenvalue weighted by Gasteiger charge is 1.99. The Morgan fingerprint density at radius 3 is 2.12 bits per heavy atom. The van der Waals surface area contributed by atoms with Crippen LogP contribution in [0.5, 0.6) is 0 Å². The first-order valence-electron chi connectivity index (χ1n) is 4.72. The molecule has 0 aliphatic rings. The van der Waals surface area contributed by atoms with Gasteiger partial charge < -0.3 is 5.32 Å². The van der Waals surface area contributed by atoms with Gasteiger partial charge in [0.25, 0.3) is 0 Å². The zero-order valence-corrected chi connectivity index (χ0v) is 8.82. The van der Waals surface area contributed by atoms with E-state index in [-0.39, 0.29) is 5.69 Å². The third kappa shape index (κ3) is 4.04. The zero-order chi connectivity index (χ0) is 11.8. The minimum absolute atomic E-state index is 0.181. The first-order chi connectivity index (χ1) is 7.74. The second-order valence-corrected chi connectivity index (χ2v) is 2.90. The molecule has 0 fully saturated rings. The monoisotopic (exact) mass is 222 g/mol. The maximum Gasteiger partial charge on any atom is 0.146 e. The summed E-state index contributed by atoms with van der Waals surface area (Å²) in [6.45, 7) is 0. The molecule has 2 nitrogen and oxygen atoms in total. The van der Waals surface area contributed by atoms with Gasteiger partial charge in [-0.05, 0) is 30.3 Å². The van der Waals surface area contributed by atoms with Crippen molar-refractivity contribution >= 4 is 5.69 Å². The van der Waals surface area contributed by atoms with Gasteiger partial charge in [0.2, 0.25) is 0 Å². The molecule has 1 aromatic carbocycles. The Bertz CT molecular complexity index is 392. The van der Waals surface area contributed by atoms with Gasteiger partial charge in [0.15, 0.2) is 0 Å². The lowest BCUT2D eigenvalue weighted by atomic mass is 10.3. The van der Waals surface area contributed by atoms with E-state index in [1.54, 1.807) is 12.4 Å². The standard InChI is InChI=1S/C7H7F2N.C5H5N/c1-10-7-4-5(8)2-3-6(7)9;1-2-4-6-5-3-1/h2-4,10H,1H3;1-5H. The van der Waals surface area contributed by atoms with Gasteiger partial charge in [0.05, 0.1) is 5.69 Å². The van der Waals surface area contributed by atoms with Crippen molar-refractivity contribution in [2.24, 2.45) is 0 Å². The summed E-state index contributed by atoms with van der Waals surface area (Å²) in [4.78, 5) is 3.78. The van der Waals surface area contributed by atoms with Crippen LogP contribution in [0, 0.1) is 11.6 Å². The second kappa shape index (κ2) is 6.50. The van der Waals surface area contributed by atoms with E-state index in [0.29, 0.717) is 0 Å². The van der Waals surface area contributed by atoms with Crippen LogP contribution in [-0.2, 0) is 0 Å². The first-order valence-corrected chi connectivity index (χ1v) is 4.72. The van der Waals surface area contributed by atoms with Crippen molar-refractivity contribution in [2.75, 3.05) is 12.4 Å². The molecule has 0 bridgehead atoms. The molecule has 2 aromatic rings. The van der Waals surface area contributed by atoms with Crippen molar-refractivity contribution < 1.29 is 8.78 Å². The fourth-order valence-corrected chi connectivity index (χ4v) is 1.00. The number of aromatic nitrogens is 1. The molecule has 0 amide bonds. The van der Waals surface area contributed by atoms with Crippen LogP contribution in [0.1, 0.15) is 0 Å². The van der Waals surface area contributed by atoms with Crippen LogP contribution in [-0.4, -0.2) is 12.0 Å². The van der Waals surface area contributed by atoms with Gasteiger partial charge in [0.1, 0.15) is 11.6 Å². The normalized spacial score (nSPS) is 8.94. The van der Waals surface area contributed by atoms with Crippen molar-refractivity contribution in [1.82, 2.24) is 4.98 Å². The Hall–Kier alpha value is -1.97. The number of nitrogens with one attached hydrogen (secondary N) is 1. The van der Waals surface area contributed by atoms with E-state index in [4.69, 9.17) is 0 Å². The van der Waals surface area contributed by atoms with Gasteiger partial charge in [-0.15, -0.1) is 0 Å². The highest BCUT2D eigenvalue weighted by atomic mass is 19.1. The Labute approximate surface area is 93.0 Å². The molecule has 0 aliphatic heterocycles. The quantitative estimate of drug-likeness (QED) is 0.802. The molecular weight excluding hydrogens is 210 g/mol. The number of hydrogen-bond acceptors (Lipinski definition) is 2. The molecule has 0 saturated carbocycles. The topological polar surface area (TPSA) is 24.9 Å². The lowest BCUT2D eigenvalue weighted by Gasteiger charge is -1.99. The average molecular weight is 222 g/mol. The summed E-state index contributed by atoms with van der Waals surface area (Å²) >= 11 is 0. The van der Waals surface area contributed by atoms with Crippen molar-refractivity contribution in [3.05, 3.63) is 60.4 Å². The molecule has 84 valence electrons. The van der Waals surface area contributed by atoms with Crippen LogP contribution >= 0.6 is 0 Å². The van der Waals surface area contributed by atoms with Crippen molar-refractivity contribution in [1.29, 1.82) is 0 Å². The molecule has 1 heterocycles. The van der Waals surface area contributed by atoms with Gasteiger partial charge >= 0.3 is 0 Å². The molecule has 0 radical (unpaired) electrons. The molecule has 16 heavy (non-hydrogen) atoms. The maximum absolute atomic E-state index is 12.5. The third-order valence-electron chi connectivity index (χ3n) is 1.76. The van der Waals surface area contributed by atoms with Crippen LogP contribution in [0.15, 0.2) is 48.8 Å². The minimum atomic E-state index is -0.441. The van der Waals surface area contributed by atoms with Crippen LogP contribution in [0.3, 0.4) is 0 Å². The molecule has 0 unspecified atom stereocenters.